The number of anilines is 1. The van der Waals surface area contributed by atoms with Crippen molar-refractivity contribution in [2.24, 2.45) is 0 Å². The second kappa shape index (κ2) is 11.9. The van der Waals surface area contributed by atoms with Gasteiger partial charge in [-0.05, 0) is 73.7 Å². The summed E-state index contributed by atoms with van der Waals surface area (Å²) in [6.07, 6.45) is 0. The van der Waals surface area contributed by atoms with Crippen molar-refractivity contribution in [3.05, 3.63) is 78.4 Å². The third kappa shape index (κ3) is 6.00. The van der Waals surface area contributed by atoms with Gasteiger partial charge in [0.25, 0.3) is 5.91 Å². The predicted molar refractivity (Wildman–Crippen MR) is 136 cm³/mol. The quantitative estimate of drug-likeness (QED) is 0.308. The molecule has 0 bridgehead atoms. The summed E-state index contributed by atoms with van der Waals surface area (Å²) in [7, 11) is 3.20. The molecule has 36 heavy (non-hydrogen) atoms. The summed E-state index contributed by atoms with van der Waals surface area (Å²) in [5, 5.41) is 7.49. The summed E-state index contributed by atoms with van der Waals surface area (Å²) in [5.41, 5.74) is 2.67. The molecule has 9 nitrogen and oxygen atoms in total. The van der Waals surface area contributed by atoms with Crippen molar-refractivity contribution >= 4 is 11.6 Å². The monoisotopic (exact) mass is 488 g/mol. The molecule has 4 rings (SSSR count). The molecular weight excluding hydrogens is 460 g/mol. The molecule has 0 saturated heterocycles. The standard InChI is InChI=1S/C27H28N4O5/c1-4-35-16-17-36-27-29-25(19-8-12-23(33-2)13-9-19)31(30-27)22-7-5-6-21(18-22)28-26(32)20-10-14-24(34-3)15-11-20/h5-15,18H,4,16-17H2,1-3H3,(H,28,32). The van der Waals surface area contributed by atoms with Crippen LogP contribution in [0.3, 0.4) is 0 Å². The lowest BCUT2D eigenvalue weighted by atomic mass is 10.2. The highest BCUT2D eigenvalue weighted by Gasteiger charge is 2.16. The molecule has 0 aliphatic heterocycles. The van der Waals surface area contributed by atoms with Gasteiger partial charge in [-0.15, -0.1) is 5.10 Å². The van der Waals surface area contributed by atoms with Crippen molar-refractivity contribution in [3.8, 4) is 34.6 Å². The summed E-state index contributed by atoms with van der Waals surface area (Å²) in [6, 6.07) is 22.0. The number of methoxy groups -OCH3 is 2. The molecule has 0 fully saturated rings. The SMILES string of the molecule is CCOCCOc1nc(-c2ccc(OC)cc2)n(-c2cccc(NC(=O)c3ccc(OC)cc3)c2)n1. The lowest BCUT2D eigenvalue weighted by Gasteiger charge is -2.10. The Labute approximate surface area is 209 Å². The van der Waals surface area contributed by atoms with Gasteiger partial charge >= 0.3 is 6.01 Å². The highest BCUT2D eigenvalue weighted by molar-refractivity contribution is 6.04. The molecule has 0 radical (unpaired) electrons. The zero-order chi connectivity index (χ0) is 25.3. The van der Waals surface area contributed by atoms with Crippen LogP contribution in [0.2, 0.25) is 0 Å². The second-order valence-electron chi connectivity index (χ2n) is 7.64. The van der Waals surface area contributed by atoms with E-state index in [4.69, 9.17) is 18.9 Å². The molecule has 186 valence electrons. The van der Waals surface area contributed by atoms with E-state index in [2.05, 4.69) is 15.4 Å². The van der Waals surface area contributed by atoms with Gasteiger partial charge in [0, 0.05) is 23.4 Å². The zero-order valence-corrected chi connectivity index (χ0v) is 20.4. The Morgan fingerprint density at radius 2 is 1.61 bits per heavy atom. The molecule has 0 aliphatic carbocycles. The molecule has 3 aromatic carbocycles. The van der Waals surface area contributed by atoms with Gasteiger partial charge in [-0.2, -0.15) is 4.98 Å². The lowest BCUT2D eigenvalue weighted by Crippen LogP contribution is -2.12. The smallest absolute Gasteiger partial charge is 0.336 e. The van der Waals surface area contributed by atoms with Gasteiger partial charge in [0.1, 0.15) is 18.1 Å². The fraction of sp³-hybridized carbons (Fsp3) is 0.222. The van der Waals surface area contributed by atoms with Gasteiger partial charge in [0.05, 0.1) is 26.5 Å². The van der Waals surface area contributed by atoms with E-state index >= 15 is 0 Å². The molecule has 0 spiro atoms. The zero-order valence-electron chi connectivity index (χ0n) is 20.4. The summed E-state index contributed by atoms with van der Waals surface area (Å²) in [4.78, 5) is 17.4. The number of carbonyl (C=O) groups is 1. The summed E-state index contributed by atoms with van der Waals surface area (Å²) in [5.74, 6) is 1.78. The average molecular weight is 489 g/mol. The van der Waals surface area contributed by atoms with Gasteiger partial charge < -0.3 is 24.3 Å². The molecule has 9 heteroatoms. The number of nitrogens with zero attached hydrogens (tertiary/aromatic N) is 3. The van der Waals surface area contributed by atoms with Gasteiger partial charge in [0.15, 0.2) is 5.82 Å². The third-order valence-electron chi connectivity index (χ3n) is 5.30. The number of hydrogen-bond acceptors (Lipinski definition) is 7. The van der Waals surface area contributed by atoms with Crippen LogP contribution in [0.1, 0.15) is 17.3 Å². The fourth-order valence-electron chi connectivity index (χ4n) is 3.46. The molecule has 0 aliphatic rings. The average Bonchev–Trinajstić information content (AvgIpc) is 3.35. The predicted octanol–water partition coefficient (Wildman–Crippen LogP) is 4.62. The first kappa shape index (κ1) is 24.7. The normalized spacial score (nSPS) is 10.6. The topological polar surface area (TPSA) is 96.7 Å². The minimum atomic E-state index is -0.233. The number of amides is 1. The van der Waals surface area contributed by atoms with Crippen molar-refractivity contribution < 1.29 is 23.7 Å². The van der Waals surface area contributed by atoms with Crippen LogP contribution in [-0.2, 0) is 4.74 Å². The first-order chi connectivity index (χ1) is 17.6. The Hall–Kier alpha value is -4.37. The minimum absolute atomic E-state index is 0.230. The number of nitrogens with one attached hydrogen (secondary N) is 1. The first-order valence-corrected chi connectivity index (χ1v) is 11.5. The number of rotatable bonds is 11. The van der Waals surface area contributed by atoms with Crippen LogP contribution < -0.4 is 19.5 Å². The van der Waals surface area contributed by atoms with E-state index in [0.29, 0.717) is 48.3 Å². The molecule has 1 heterocycles. The third-order valence-corrected chi connectivity index (χ3v) is 5.30. The molecule has 0 unspecified atom stereocenters. The largest absolute Gasteiger partial charge is 0.497 e. The summed E-state index contributed by atoms with van der Waals surface area (Å²) >= 11 is 0. The number of benzene rings is 3. The van der Waals surface area contributed by atoms with Gasteiger partial charge in [0.2, 0.25) is 0 Å². The van der Waals surface area contributed by atoms with E-state index in [1.807, 2.05) is 55.5 Å². The highest BCUT2D eigenvalue weighted by atomic mass is 16.5. The van der Waals surface area contributed by atoms with Gasteiger partial charge in [-0.1, -0.05) is 6.07 Å². The lowest BCUT2D eigenvalue weighted by molar-refractivity contribution is 0.102. The molecule has 1 N–H and O–H groups in total. The van der Waals surface area contributed by atoms with Crippen molar-refractivity contribution in [2.45, 2.75) is 6.92 Å². The molecule has 0 atom stereocenters. The van der Waals surface area contributed by atoms with E-state index in [1.54, 1.807) is 43.2 Å². The van der Waals surface area contributed by atoms with Gasteiger partial charge in [-0.3, -0.25) is 4.79 Å². The van der Waals surface area contributed by atoms with Crippen LogP contribution in [0, 0.1) is 0 Å². The molecule has 1 amide bonds. The van der Waals surface area contributed by atoms with Crippen molar-refractivity contribution in [1.82, 2.24) is 14.8 Å². The van der Waals surface area contributed by atoms with Crippen LogP contribution in [0.5, 0.6) is 17.5 Å². The van der Waals surface area contributed by atoms with Crippen LogP contribution in [0.25, 0.3) is 17.1 Å². The van der Waals surface area contributed by atoms with E-state index in [9.17, 15) is 4.79 Å². The second-order valence-corrected chi connectivity index (χ2v) is 7.64. The van der Waals surface area contributed by atoms with Gasteiger partial charge in [-0.25, -0.2) is 4.68 Å². The maximum atomic E-state index is 12.8. The highest BCUT2D eigenvalue weighted by Crippen LogP contribution is 2.27. The fourth-order valence-corrected chi connectivity index (χ4v) is 3.46. The van der Waals surface area contributed by atoms with Crippen molar-refractivity contribution in [1.29, 1.82) is 0 Å². The molecule has 4 aromatic rings. The molecule has 1 aromatic heterocycles. The number of carbonyl (C=O) groups excluding carboxylic acids is 1. The Balaban J connectivity index is 1.61. The van der Waals surface area contributed by atoms with Crippen molar-refractivity contribution in [3.63, 3.8) is 0 Å². The Kier molecular flexibility index (Phi) is 8.15. The maximum Gasteiger partial charge on any atom is 0.336 e. The number of ether oxygens (including phenoxy) is 4. The molecule has 0 saturated carbocycles. The maximum absolute atomic E-state index is 12.8. The van der Waals surface area contributed by atoms with E-state index in [-0.39, 0.29) is 11.9 Å². The Morgan fingerprint density at radius 3 is 2.28 bits per heavy atom. The summed E-state index contributed by atoms with van der Waals surface area (Å²) < 4.78 is 23.2. The van der Waals surface area contributed by atoms with Crippen LogP contribution in [0.4, 0.5) is 5.69 Å². The number of aromatic nitrogens is 3. The Bertz CT molecular complexity index is 1290. The van der Waals surface area contributed by atoms with E-state index in [1.165, 1.54) is 0 Å². The van der Waals surface area contributed by atoms with E-state index in [0.717, 1.165) is 11.3 Å². The Morgan fingerprint density at radius 1 is 0.917 bits per heavy atom. The van der Waals surface area contributed by atoms with Crippen LogP contribution >= 0.6 is 0 Å². The van der Waals surface area contributed by atoms with Crippen LogP contribution in [-0.4, -0.2) is 54.7 Å². The minimum Gasteiger partial charge on any atom is -0.497 e. The van der Waals surface area contributed by atoms with Crippen LogP contribution in [0.15, 0.2) is 72.8 Å². The van der Waals surface area contributed by atoms with Crippen molar-refractivity contribution in [2.75, 3.05) is 39.4 Å². The first-order valence-electron chi connectivity index (χ1n) is 11.5. The summed E-state index contributed by atoms with van der Waals surface area (Å²) in [6.45, 7) is 3.31. The van der Waals surface area contributed by atoms with E-state index < -0.39 is 0 Å². The number of hydrogen-bond donors (Lipinski definition) is 1. The molecular formula is C27H28N4O5.